The Labute approximate surface area is 177 Å². The summed E-state index contributed by atoms with van der Waals surface area (Å²) >= 11 is 0. The predicted molar refractivity (Wildman–Crippen MR) is 115 cm³/mol. The third-order valence-electron chi connectivity index (χ3n) is 6.49. The molecule has 2 aromatic rings. The molecule has 3 aliphatic rings. The van der Waals surface area contributed by atoms with E-state index in [-0.39, 0.29) is 12.0 Å². The Hall–Kier alpha value is -2.44. The highest BCUT2D eigenvalue weighted by molar-refractivity contribution is 5.84. The van der Waals surface area contributed by atoms with Gasteiger partial charge in [-0.25, -0.2) is 4.79 Å². The van der Waals surface area contributed by atoms with Crippen molar-refractivity contribution < 1.29 is 19.3 Å². The smallest absolute Gasteiger partial charge is 0.342 e. The van der Waals surface area contributed by atoms with E-state index in [0.717, 1.165) is 48.1 Å². The molecule has 5 atom stereocenters. The van der Waals surface area contributed by atoms with Crippen LogP contribution in [0.15, 0.2) is 43.1 Å². The van der Waals surface area contributed by atoms with Crippen LogP contribution >= 0.6 is 0 Å². The summed E-state index contributed by atoms with van der Waals surface area (Å²) in [5.74, 6) is 1.51. The average molecular weight is 411 g/mol. The van der Waals surface area contributed by atoms with E-state index in [1.807, 2.05) is 31.2 Å². The highest BCUT2D eigenvalue weighted by Crippen LogP contribution is 2.43. The standard InChI is InChI=1S/C24H30N2O4/c1-4-6-23(27)29-30-24(22-13-17-10-12-26(22)15-16(17)5-2)19-9-11-25-21-8-7-18(28-3)14-20(19)21/h5,7-9,11,14,16-17,22,24H,2,4,6,10,12-13,15H2,1,3H3/t16-,17-,22-,24+/m0/s1. The van der Waals surface area contributed by atoms with Crippen molar-refractivity contribution in [1.82, 2.24) is 9.88 Å². The fraction of sp³-hybridized carbons (Fsp3) is 0.500. The molecule has 2 bridgehead atoms. The van der Waals surface area contributed by atoms with E-state index in [4.69, 9.17) is 14.5 Å². The zero-order chi connectivity index (χ0) is 21.1. The molecule has 0 N–H and O–H groups in total. The van der Waals surface area contributed by atoms with Crippen molar-refractivity contribution in [2.24, 2.45) is 11.8 Å². The number of pyridine rings is 1. The van der Waals surface area contributed by atoms with Gasteiger partial charge in [-0.2, -0.15) is 4.89 Å². The lowest BCUT2D eigenvalue weighted by Gasteiger charge is -2.50. The molecule has 1 aromatic carbocycles. The molecule has 30 heavy (non-hydrogen) atoms. The lowest BCUT2D eigenvalue weighted by Crippen LogP contribution is -2.55. The maximum atomic E-state index is 12.1. The fourth-order valence-corrected chi connectivity index (χ4v) is 4.89. The zero-order valence-electron chi connectivity index (χ0n) is 17.8. The summed E-state index contributed by atoms with van der Waals surface area (Å²) in [6.07, 6.45) is 6.69. The molecule has 160 valence electrons. The van der Waals surface area contributed by atoms with Gasteiger partial charge in [0.25, 0.3) is 0 Å². The van der Waals surface area contributed by atoms with Crippen molar-refractivity contribution >= 4 is 16.9 Å². The maximum absolute atomic E-state index is 12.1. The first kappa shape index (κ1) is 20.8. The van der Waals surface area contributed by atoms with Crippen LogP contribution in [0.3, 0.4) is 0 Å². The number of hydrogen-bond acceptors (Lipinski definition) is 6. The molecule has 1 unspecified atom stereocenters. The van der Waals surface area contributed by atoms with Crippen LogP contribution in [0.1, 0.15) is 44.3 Å². The third-order valence-corrected chi connectivity index (χ3v) is 6.49. The van der Waals surface area contributed by atoms with Crippen LogP contribution in [0.2, 0.25) is 0 Å². The molecule has 6 nitrogen and oxygen atoms in total. The molecular formula is C24H30N2O4. The number of benzene rings is 1. The van der Waals surface area contributed by atoms with E-state index < -0.39 is 6.10 Å². The first-order valence-electron chi connectivity index (χ1n) is 10.8. The van der Waals surface area contributed by atoms with E-state index >= 15 is 0 Å². The Kier molecular flexibility index (Phi) is 6.35. The van der Waals surface area contributed by atoms with Crippen molar-refractivity contribution in [3.63, 3.8) is 0 Å². The minimum Gasteiger partial charge on any atom is -0.497 e. The van der Waals surface area contributed by atoms with Gasteiger partial charge < -0.3 is 4.74 Å². The van der Waals surface area contributed by atoms with Crippen LogP contribution < -0.4 is 4.74 Å². The number of aromatic nitrogens is 1. The molecule has 3 fully saturated rings. The molecule has 3 aliphatic heterocycles. The van der Waals surface area contributed by atoms with E-state index in [1.54, 1.807) is 13.3 Å². The molecule has 0 radical (unpaired) electrons. The van der Waals surface area contributed by atoms with Crippen LogP contribution in [0.25, 0.3) is 10.9 Å². The zero-order valence-corrected chi connectivity index (χ0v) is 17.8. The molecule has 0 spiro atoms. The molecule has 3 saturated heterocycles. The molecular weight excluding hydrogens is 380 g/mol. The summed E-state index contributed by atoms with van der Waals surface area (Å²) in [6.45, 7) is 7.96. The van der Waals surface area contributed by atoms with Crippen molar-refractivity contribution in [3.8, 4) is 5.75 Å². The number of hydrogen-bond donors (Lipinski definition) is 0. The first-order chi connectivity index (χ1) is 14.6. The maximum Gasteiger partial charge on any atom is 0.342 e. The number of piperidine rings is 3. The van der Waals surface area contributed by atoms with Crippen molar-refractivity contribution in [3.05, 3.63) is 48.7 Å². The SMILES string of the molecule is C=C[C@H]1CN2CC[C@H]1C[C@H]2[C@H](OOC(=O)CCC)c1ccnc2ccc(OC)cc12. The van der Waals surface area contributed by atoms with Gasteiger partial charge in [0.15, 0.2) is 0 Å². The normalized spacial score (nSPS) is 26.3. The minimum atomic E-state index is -0.392. The highest BCUT2D eigenvalue weighted by Gasteiger charge is 2.44. The largest absolute Gasteiger partial charge is 0.497 e. The molecule has 5 rings (SSSR count). The molecule has 1 aromatic heterocycles. The summed E-state index contributed by atoms with van der Waals surface area (Å²) in [4.78, 5) is 30.2. The van der Waals surface area contributed by atoms with Gasteiger partial charge in [-0.05, 0) is 67.5 Å². The molecule has 0 amide bonds. The van der Waals surface area contributed by atoms with Gasteiger partial charge >= 0.3 is 5.97 Å². The molecule has 0 saturated carbocycles. The predicted octanol–water partition coefficient (Wildman–Crippen LogP) is 4.46. The van der Waals surface area contributed by atoms with Crippen molar-refractivity contribution in [2.75, 3.05) is 20.2 Å². The number of fused-ring (bicyclic) bond motifs is 4. The van der Waals surface area contributed by atoms with Gasteiger partial charge in [-0.3, -0.25) is 14.8 Å². The van der Waals surface area contributed by atoms with Crippen LogP contribution in [0.5, 0.6) is 5.75 Å². The van der Waals surface area contributed by atoms with Crippen LogP contribution in [-0.4, -0.2) is 42.1 Å². The monoisotopic (exact) mass is 410 g/mol. The van der Waals surface area contributed by atoms with Gasteiger partial charge in [-0.15, -0.1) is 6.58 Å². The second-order valence-electron chi connectivity index (χ2n) is 8.25. The number of nitrogens with zero attached hydrogens (tertiary/aromatic N) is 2. The number of ether oxygens (including phenoxy) is 1. The lowest BCUT2D eigenvalue weighted by molar-refractivity contribution is -0.314. The van der Waals surface area contributed by atoms with Gasteiger partial charge in [0.1, 0.15) is 11.9 Å². The topological polar surface area (TPSA) is 60.9 Å². The number of carbonyl (C=O) groups is 1. The van der Waals surface area contributed by atoms with E-state index in [1.165, 1.54) is 6.42 Å². The number of carbonyl (C=O) groups excluding carboxylic acids is 1. The van der Waals surface area contributed by atoms with Gasteiger partial charge in [0.2, 0.25) is 0 Å². The third kappa shape index (κ3) is 4.07. The van der Waals surface area contributed by atoms with Crippen molar-refractivity contribution in [2.45, 2.75) is 44.8 Å². The van der Waals surface area contributed by atoms with Gasteiger partial charge in [0.05, 0.1) is 12.6 Å². The van der Waals surface area contributed by atoms with Gasteiger partial charge in [-0.1, -0.05) is 13.0 Å². The summed E-state index contributed by atoms with van der Waals surface area (Å²) in [5, 5.41) is 0.955. The second kappa shape index (κ2) is 9.14. The lowest BCUT2D eigenvalue weighted by atomic mass is 9.73. The van der Waals surface area contributed by atoms with E-state index in [9.17, 15) is 4.79 Å². The summed E-state index contributed by atoms with van der Waals surface area (Å²) in [6, 6.07) is 7.92. The first-order valence-corrected chi connectivity index (χ1v) is 10.8. The Morgan fingerprint density at radius 3 is 2.97 bits per heavy atom. The van der Waals surface area contributed by atoms with Crippen molar-refractivity contribution in [1.29, 1.82) is 0 Å². The Morgan fingerprint density at radius 2 is 2.27 bits per heavy atom. The average Bonchev–Trinajstić information content (AvgIpc) is 2.79. The van der Waals surface area contributed by atoms with Crippen LogP contribution in [0.4, 0.5) is 0 Å². The fourth-order valence-electron chi connectivity index (χ4n) is 4.89. The number of methoxy groups -OCH3 is 1. The Morgan fingerprint density at radius 1 is 1.40 bits per heavy atom. The van der Waals surface area contributed by atoms with Crippen LogP contribution in [0, 0.1) is 11.8 Å². The summed E-state index contributed by atoms with van der Waals surface area (Å²) in [5.41, 5.74) is 1.83. The molecule has 4 heterocycles. The Balaban J connectivity index is 1.70. The second-order valence-corrected chi connectivity index (χ2v) is 8.25. The molecule has 6 heteroatoms. The number of rotatable bonds is 8. The van der Waals surface area contributed by atoms with E-state index in [0.29, 0.717) is 18.3 Å². The Bertz CT molecular complexity index is 915. The van der Waals surface area contributed by atoms with E-state index in [2.05, 4.69) is 22.5 Å². The summed E-state index contributed by atoms with van der Waals surface area (Å²) in [7, 11) is 1.65. The highest BCUT2D eigenvalue weighted by atomic mass is 17.2. The summed E-state index contributed by atoms with van der Waals surface area (Å²) < 4.78 is 5.44. The van der Waals surface area contributed by atoms with Crippen LogP contribution in [-0.2, 0) is 14.6 Å². The quantitative estimate of drug-likeness (QED) is 0.364. The van der Waals surface area contributed by atoms with Gasteiger partial charge in [0, 0.05) is 30.6 Å². The minimum absolute atomic E-state index is 0.131. The molecule has 0 aliphatic carbocycles.